The molecular formula is C19H22ClN3O6S. The Balaban J connectivity index is 2.11. The number of aryl methyl sites for hydroxylation is 1. The van der Waals surface area contributed by atoms with E-state index in [1.54, 1.807) is 13.8 Å². The number of hydrogen-bond acceptors (Lipinski definition) is 6. The number of aromatic nitrogens is 1. The number of carbonyl (C=O) groups excluding carboxylic acids is 3. The lowest BCUT2D eigenvalue weighted by atomic mass is 10.1. The van der Waals surface area contributed by atoms with E-state index in [1.807, 2.05) is 0 Å². The van der Waals surface area contributed by atoms with Crippen molar-refractivity contribution in [1.82, 2.24) is 9.29 Å². The molecule has 0 aliphatic rings. The van der Waals surface area contributed by atoms with Gasteiger partial charge < -0.3 is 15.0 Å². The summed E-state index contributed by atoms with van der Waals surface area (Å²) in [5.41, 5.74) is 1.52. The van der Waals surface area contributed by atoms with E-state index in [2.05, 4.69) is 10.3 Å². The van der Waals surface area contributed by atoms with Crippen LogP contribution in [0.15, 0.2) is 23.1 Å². The van der Waals surface area contributed by atoms with Crippen molar-refractivity contribution in [1.29, 1.82) is 0 Å². The molecule has 162 valence electrons. The largest absolute Gasteiger partial charge is 0.451 e. The zero-order chi connectivity index (χ0) is 22.8. The summed E-state index contributed by atoms with van der Waals surface area (Å²) in [4.78, 5) is 38.9. The number of aromatic amines is 1. The molecule has 2 N–H and O–H groups in total. The number of benzene rings is 1. The minimum atomic E-state index is -3.72. The summed E-state index contributed by atoms with van der Waals surface area (Å²) < 4.78 is 30.5. The van der Waals surface area contributed by atoms with Crippen LogP contribution < -0.4 is 5.32 Å². The molecule has 0 bridgehead atoms. The SMILES string of the molecule is CC(=O)c1c(C)[nH]c(C(=O)OCC(=O)Nc2cc(S(=O)(=O)N(C)C)ccc2Cl)c1C. The Hall–Kier alpha value is -2.69. The van der Waals surface area contributed by atoms with E-state index in [1.165, 1.54) is 39.2 Å². The Labute approximate surface area is 179 Å². The molecule has 2 aromatic rings. The van der Waals surface area contributed by atoms with Gasteiger partial charge in [-0.1, -0.05) is 11.6 Å². The topological polar surface area (TPSA) is 126 Å². The normalized spacial score (nSPS) is 11.4. The molecule has 0 radical (unpaired) electrons. The van der Waals surface area contributed by atoms with E-state index in [0.717, 1.165) is 4.31 Å². The molecular weight excluding hydrogens is 434 g/mol. The Morgan fingerprint density at radius 1 is 1.20 bits per heavy atom. The van der Waals surface area contributed by atoms with Gasteiger partial charge in [0, 0.05) is 25.4 Å². The van der Waals surface area contributed by atoms with Crippen LogP contribution in [0.3, 0.4) is 0 Å². The van der Waals surface area contributed by atoms with Gasteiger partial charge in [-0.05, 0) is 44.5 Å². The number of esters is 1. The van der Waals surface area contributed by atoms with Gasteiger partial charge in [-0.15, -0.1) is 0 Å². The molecule has 0 aliphatic carbocycles. The maximum absolute atomic E-state index is 12.3. The second-order valence-electron chi connectivity index (χ2n) is 6.73. The minimum absolute atomic E-state index is 0.0570. The fraction of sp³-hybridized carbons (Fsp3) is 0.316. The number of ether oxygens (including phenoxy) is 1. The van der Waals surface area contributed by atoms with Crippen LogP contribution in [0.5, 0.6) is 0 Å². The average molecular weight is 456 g/mol. The minimum Gasteiger partial charge on any atom is -0.451 e. The summed E-state index contributed by atoms with van der Waals surface area (Å²) in [5, 5.41) is 2.54. The number of anilines is 1. The van der Waals surface area contributed by atoms with E-state index in [0.29, 0.717) is 16.8 Å². The maximum atomic E-state index is 12.3. The highest BCUT2D eigenvalue weighted by atomic mass is 35.5. The first-order valence-corrected chi connectivity index (χ1v) is 10.6. The van der Waals surface area contributed by atoms with Crippen LogP contribution in [0.25, 0.3) is 0 Å². The number of hydrogen-bond donors (Lipinski definition) is 2. The second kappa shape index (κ2) is 8.99. The molecule has 1 amide bonds. The Kier molecular flexibility index (Phi) is 7.06. The van der Waals surface area contributed by atoms with E-state index >= 15 is 0 Å². The maximum Gasteiger partial charge on any atom is 0.355 e. The van der Waals surface area contributed by atoms with Gasteiger partial charge >= 0.3 is 5.97 Å². The van der Waals surface area contributed by atoms with Crippen molar-refractivity contribution in [3.8, 4) is 0 Å². The van der Waals surface area contributed by atoms with E-state index in [4.69, 9.17) is 16.3 Å². The summed E-state index contributed by atoms with van der Waals surface area (Å²) in [5.74, 6) is -1.70. The number of carbonyl (C=O) groups is 3. The third kappa shape index (κ3) is 4.89. The molecule has 0 fully saturated rings. The number of amides is 1. The van der Waals surface area contributed by atoms with Crippen LogP contribution in [0.1, 0.15) is 39.0 Å². The summed E-state index contributed by atoms with van der Waals surface area (Å²) >= 11 is 6.03. The predicted octanol–water partition coefficient (Wildman–Crippen LogP) is 2.53. The Morgan fingerprint density at radius 3 is 2.37 bits per heavy atom. The van der Waals surface area contributed by atoms with Crippen molar-refractivity contribution in [2.75, 3.05) is 26.0 Å². The molecule has 2 rings (SSSR count). The summed E-state index contributed by atoms with van der Waals surface area (Å²) in [6.45, 7) is 4.02. The van der Waals surface area contributed by atoms with Crippen LogP contribution in [0, 0.1) is 13.8 Å². The number of ketones is 1. The molecule has 0 spiro atoms. The molecule has 1 heterocycles. The number of halogens is 1. The molecule has 0 saturated carbocycles. The molecule has 11 heteroatoms. The van der Waals surface area contributed by atoms with E-state index in [-0.39, 0.29) is 27.1 Å². The molecule has 0 unspecified atom stereocenters. The van der Waals surface area contributed by atoms with Gasteiger partial charge in [-0.3, -0.25) is 9.59 Å². The lowest BCUT2D eigenvalue weighted by molar-refractivity contribution is -0.119. The van der Waals surface area contributed by atoms with Crippen molar-refractivity contribution >= 4 is 45.0 Å². The third-order valence-corrected chi connectivity index (χ3v) is 6.46. The summed E-state index contributed by atoms with van der Waals surface area (Å²) in [6, 6.07) is 3.87. The van der Waals surface area contributed by atoms with Crippen LogP contribution in [0.4, 0.5) is 5.69 Å². The Bertz CT molecular complexity index is 1120. The zero-order valence-corrected chi connectivity index (χ0v) is 18.7. The van der Waals surface area contributed by atoms with Crippen molar-refractivity contribution in [2.24, 2.45) is 0 Å². The van der Waals surface area contributed by atoms with Crippen molar-refractivity contribution < 1.29 is 27.5 Å². The quantitative estimate of drug-likeness (QED) is 0.488. The predicted molar refractivity (Wildman–Crippen MR) is 112 cm³/mol. The van der Waals surface area contributed by atoms with Crippen molar-refractivity contribution in [3.05, 3.63) is 45.7 Å². The van der Waals surface area contributed by atoms with Gasteiger partial charge in [-0.2, -0.15) is 0 Å². The lowest BCUT2D eigenvalue weighted by Gasteiger charge is -2.14. The molecule has 1 aromatic carbocycles. The van der Waals surface area contributed by atoms with Crippen molar-refractivity contribution in [3.63, 3.8) is 0 Å². The number of Topliss-reactive ketones (excluding diaryl/α,β-unsaturated/α-hetero) is 1. The highest BCUT2D eigenvalue weighted by Crippen LogP contribution is 2.26. The molecule has 9 nitrogen and oxygen atoms in total. The molecule has 0 atom stereocenters. The molecule has 0 saturated heterocycles. The van der Waals surface area contributed by atoms with Crippen molar-refractivity contribution in [2.45, 2.75) is 25.7 Å². The van der Waals surface area contributed by atoms with E-state index in [9.17, 15) is 22.8 Å². The molecule has 0 aliphatic heterocycles. The first-order valence-electron chi connectivity index (χ1n) is 8.75. The van der Waals surface area contributed by atoms with E-state index < -0.39 is 28.5 Å². The van der Waals surface area contributed by atoms with Crippen LogP contribution >= 0.6 is 11.6 Å². The number of nitrogens with zero attached hydrogens (tertiary/aromatic N) is 1. The summed E-state index contributed by atoms with van der Waals surface area (Å²) in [7, 11) is -0.964. The average Bonchev–Trinajstić information content (AvgIpc) is 2.95. The fourth-order valence-electron chi connectivity index (χ4n) is 2.84. The third-order valence-electron chi connectivity index (χ3n) is 4.32. The number of H-pyrrole nitrogens is 1. The second-order valence-corrected chi connectivity index (χ2v) is 9.29. The van der Waals surface area contributed by atoms with Gasteiger partial charge in [0.25, 0.3) is 5.91 Å². The lowest BCUT2D eigenvalue weighted by Crippen LogP contribution is -2.23. The number of sulfonamides is 1. The van der Waals surface area contributed by atoms with Crippen LogP contribution in [-0.2, 0) is 19.6 Å². The van der Waals surface area contributed by atoms with Gasteiger partial charge in [0.1, 0.15) is 5.69 Å². The van der Waals surface area contributed by atoms with Crippen LogP contribution in [0.2, 0.25) is 5.02 Å². The smallest absolute Gasteiger partial charge is 0.355 e. The molecule has 1 aromatic heterocycles. The van der Waals surface area contributed by atoms with Crippen LogP contribution in [-0.4, -0.2) is 56.1 Å². The number of rotatable bonds is 7. The Morgan fingerprint density at radius 2 is 1.83 bits per heavy atom. The zero-order valence-electron chi connectivity index (χ0n) is 17.1. The fourth-order valence-corrected chi connectivity index (χ4v) is 3.94. The summed E-state index contributed by atoms with van der Waals surface area (Å²) in [6.07, 6.45) is 0. The molecule has 30 heavy (non-hydrogen) atoms. The standard InChI is InChI=1S/C19H22ClN3O6S/c1-10-17(12(3)24)11(2)21-18(10)19(26)29-9-16(25)22-15-8-13(6-7-14(15)20)30(27,28)23(4)5/h6-8,21H,9H2,1-5H3,(H,22,25). The van der Waals surface area contributed by atoms with Gasteiger partial charge in [0.05, 0.1) is 15.6 Å². The first kappa shape index (κ1) is 23.6. The highest BCUT2D eigenvalue weighted by molar-refractivity contribution is 7.89. The van der Waals surface area contributed by atoms with Gasteiger partial charge in [-0.25, -0.2) is 17.5 Å². The van der Waals surface area contributed by atoms with Gasteiger partial charge in [0.15, 0.2) is 12.4 Å². The number of nitrogens with one attached hydrogen (secondary N) is 2. The monoisotopic (exact) mass is 455 g/mol. The first-order chi connectivity index (χ1) is 13.9. The highest BCUT2D eigenvalue weighted by Gasteiger charge is 2.22. The van der Waals surface area contributed by atoms with Gasteiger partial charge in [0.2, 0.25) is 10.0 Å².